The van der Waals surface area contributed by atoms with E-state index in [1.54, 1.807) is 0 Å². The third kappa shape index (κ3) is 2.21. The number of anilines is 1. The van der Waals surface area contributed by atoms with E-state index in [1.165, 1.54) is 0 Å². The molecular weight excluding hydrogens is 250 g/mol. The number of hydrogen-bond donors (Lipinski definition) is 2. The minimum absolute atomic E-state index is 0.161. The minimum Gasteiger partial charge on any atom is -0.328 e. The number of para-hydroxylation sites is 1. The molecule has 4 heteroatoms. The Kier molecular flexibility index (Phi) is 3.31. The van der Waals surface area contributed by atoms with Crippen LogP contribution in [0.3, 0.4) is 0 Å². The molecule has 20 heavy (non-hydrogen) atoms. The highest BCUT2D eigenvalue weighted by molar-refractivity contribution is 6.19. The summed E-state index contributed by atoms with van der Waals surface area (Å²) in [6.07, 6.45) is 0. The average molecular weight is 265 g/mol. The van der Waals surface area contributed by atoms with Crippen molar-refractivity contribution in [2.45, 2.75) is 6.04 Å². The first-order valence-electron chi connectivity index (χ1n) is 6.53. The number of nitrogens with zero attached hydrogens (tertiary/aromatic N) is 1. The summed E-state index contributed by atoms with van der Waals surface area (Å²) in [5, 5.41) is 2.89. The predicted molar refractivity (Wildman–Crippen MR) is 80.0 cm³/mol. The molecule has 3 N–H and O–H groups in total. The van der Waals surface area contributed by atoms with Crippen molar-refractivity contribution in [2.24, 2.45) is 10.7 Å². The lowest BCUT2D eigenvalue weighted by atomic mass is 10.0. The number of nitrogens with two attached hydrogens (primary N) is 1. The molecule has 0 bridgehead atoms. The van der Waals surface area contributed by atoms with Crippen molar-refractivity contribution < 1.29 is 4.79 Å². The van der Waals surface area contributed by atoms with Crippen LogP contribution in [0.4, 0.5) is 5.69 Å². The van der Waals surface area contributed by atoms with E-state index in [4.69, 9.17) is 5.73 Å². The third-order valence-corrected chi connectivity index (χ3v) is 3.30. The maximum Gasteiger partial charge on any atom is 0.250 e. The molecule has 1 amide bonds. The summed E-state index contributed by atoms with van der Waals surface area (Å²) in [5.41, 5.74) is 9.15. The van der Waals surface area contributed by atoms with Crippen LogP contribution in [0.25, 0.3) is 0 Å². The van der Waals surface area contributed by atoms with Crippen molar-refractivity contribution >= 4 is 17.3 Å². The highest BCUT2D eigenvalue weighted by Crippen LogP contribution is 2.23. The number of benzene rings is 2. The molecule has 0 saturated carbocycles. The second kappa shape index (κ2) is 5.27. The molecule has 2 aromatic carbocycles. The smallest absolute Gasteiger partial charge is 0.250 e. The second-order valence-corrected chi connectivity index (χ2v) is 4.63. The van der Waals surface area contributed by atoms with Gasteiger partial charge in [-0.3, -0.25) is 9.79 Å². The molecule has 2 aromatic rings. The first-order chi connectivity index (χ1) is 9.79. The standard InChI is InChI=1S/C16H15N3O/c17-10-14-16(20)19-13-9-5-4-8-12(13)15(18-14)11-6-2-1-3-7-11/h1-9,14H,10,17H2,(H,19,20). The van der Waals surface area contributed by atoms with Crippen LogP contribution in [-0.4, -0.2) is 24.2 Å². The van der Waals surface area contributed by atoms with Gasteiger partial charge in [0.15, 0.2) is 0 Å². The van der Waals surface area contributed by atoms with Gasteiger partial charge < -0.3 is 11.1 Å². The van der Waals surface area contributed by atoms with Crippen LogP contribution in [-0.2, 0) is 4.79 Å². The summed E-state index contributed by atoms with van der Waals surface area (Å²) in [6.45, 7) is 0.191. The van der Waals surface area contributed by atoms with Crippen molar-refractivity contribution in [1.29, 1.82) is 0 Å². The summed E-state index contributed by atoms with van der Waals surface area (Å²) in [7, 11) is 0. The van der Waals surface area contributed by atoms with E-state index in [0.29, 0.717) is 0 Å². The number of hydrogen-bond acceptors (Lipinski definition) is 3. The molecule has 0 aromatic heterocycles. The number of amides is 1. The summed E-state index contributed by atoms with van der Waals surface area (Å²) in [4.78, 5) is 16.7. The maximum atomic E-state index is 12.1. The number of nitrogens with one attached hydrogen (secondary N) is 1. The molecule has 0 radical (unpaired) electrons. The first-order valence-corrected chi connectivity index (χ1v) is 6.53. The lowest BCUT2D eigenvalue weighted by Crippen LogP contribution is -2.32. The highest BCUT2D eigenvalue weighted by atomic mass is 16.2. The van der Waals surface area contributed by atoms with E-state index in [0.717, 1.165) is 22.5 Å². The zero-order chi connectivity index (χ0) is 13.9. The van der Waals surface area contributed by atoms with Gasteiger partial charge in [0.2, 0.25) is 0 Å². The Labute approximate surface area is 117 Å². The van der Waals surface area contributed by atoms with Gasteiger partial charge in [0.25, 0.3) is 5.91 Å². The van der Waals surface area contributed by atoms with E-state index in [-0.39, 0.29) is 12.5 Å². The summed E-state index contributed by atoms with van der Waals surface area (Å²) < 4.78 is 0. The normalized spacial score (nSPS) is 17.8. The molecule has 0 saturated heterocycles. The van der Waals surface area contributed by atoms with Crippen LogP contribution in [0.2, 0.25) is 0 Å². The van der Waals surface area contributed by atoms with Crippen molar-refractivity contribution in [3.8, 4) is 0 Å². The number of benzodiazepines with no additional fused rings is 1. The van der Waals surface area contributed by atoms with Gasteiger partial charge in [-0.15, -0.1) is 0 Å². The minimum atomic E-state index is -0.558. The number of carbonyl (C=O) groups is 1. The molecule has 0 spiro atoms. The summed E-state index contributed by atoms with van der Waals surface area (Å²) in [5.74, 6) is -0.161. The van der Waals surface area contributed by atoms with Gasteiger partial charge in [0, 0.05) is 17.7 Å². The van der Waals surface area contributed by atoms with Gasteiger partial charge in [-0.05, 0) is 6.07 Å². The van der Waals surface area contributed by atoms with Crippen LogP contribution in [0.15, 0.2) is 59.6 Å². The predicted octanol–water partition coefficient (Wildman–Crippen LogP) is 1.80. The first kappa shape index (κ1) is 12.6. The highest BCUT2D eigenvalue weighted by Gasteiger charge is 2.24. The van der Waals surface area contributed by atoms with Crippen molar-refractivity contribution in [2.75, 3.05) is 11.9 Å². The van der Waals surface area contributed by atoms with E-state index in [9.17, 15) is 4.79 Å². The Morgan fingerprint density at radius 1 is 1.05 bits per heavy atom. The van der Waals surface area contributed by atoms with Crippen LogP contribution < -0.4 is 11.1 Å². The lowest BCUT2D eigenvalue weighted by molar-refractivity contribution is -0.117. The zero-order valence-corrected chi connectivity index (χ0v) is 10.9. The molecule has 0 aliphatic carbocycles. The Morgan fingerprint density at radius 3 is 2.50 bits per heavy atom. The number of aliphatic imine (C=N–C) groups is 1. The summed E-state index contributed by atoms with van der Waals surface area (Å²) in [6, 6.07) is 16.9. The van der Waals surface area contributed by atoms with Gasteiger partial charge in [0.05, 0.1) is 11.4 Å². The molecule has 1 atom stereocenters. The van der Waals surface area contributed by atoms with Gasteiger partial charge in [-0.25, -0.2) is 0 Å². The quantitative estimate of drug-likeness (QED) is 0.869. The largest absolute Gasteiger partial charge is 0.328 e. The van der Waals surface area contributed by atoms with E-state index in [1.807, 2.05) is 54.6 Å². The molecule has 1 aliphatic heterocycles. The SMILES string of the molecule is NCC1N=C(c2ccccc2)c2ccccc2NC1=O. The molecule has 0 fully saturated rings. The monoisotopic (exact) mass is 265 g/mol. The molecule has 100 valence electrons. The van der Waals surface area contributed by atoms with Crippen molar-refractivity contribution in [3.05, 3.63) is 65.7 Å². The molecule has 1 unspecified atom stereocenters. The fraction of sp³-hybridized carbons (Fsp3) is 0.125. The molecule has 4 nitrogen and oxygen atoms in total. The maximum absolute atomic E-state index is 12.1. The van der Waals surface area contributed by atoms with Gasteiger partial charge in [0.1, 0.15) is 6.04 Å². The number of rotatable bonds is 2. The Balaban J connectivity index is 2.20. The molecule has 1 heterocycles. The third-order valence-electron chi connectivity index (χ3n) is 3.30. The summed E-state index contributed by atoms with van der Waals surface area (Å²) >= 11 is 0. The van der Waals surface area contributed by atoms with E-state index >= 15 is 0 Å². The Morgan fingerprint density at radius 2 is 1.75 bits per heavy atom. The Bertz CT molecular complexity index is 664. The zero-order valence-electron chi connectivity index (χ0n) is 10.9. The van der Waals surface area contributed by atoms with Gasteiger partial charge in [-0.1, -0.05) is 48.5 Å². The van der Waals surface area contributed by atoms with Crippen LogP contribution in [0.1, 0.15) is 11.1 Å². The number of carbonyl (C=O) groups excluding carboxylic acids is 1. The Hall–Kier alpha value is -2.46. The fourth-order valence-electron chi connectivity index (χ4n) is 2.28. The van der Waals surface area contributed by atoms with Crippen LogP contribution in [0, 0.1) is 0 Å². The van der Waals surface area contributed by atoms with Gasteiger partial charge in [-0.2, -0.15) is 0 Å². The second-order valence-electron chi connectivity index (χ2n) is 4.63. The number of fused-ring (bicyclic) bond motifs is 1. The van der Waals surface area contributed by atoms with Crippen LogP contribution in [0.5, 0.6) is 0 Å². The fourth-order valence-corrected chi connectivity index (χ4v) is 2.28. The van der Waals surface area contributed by atoms with Crippen molar-refractivity contribution in [3.63, 3.8) is 0 Å². The molecular formula is C16H15N3O. The molecule has 1 aliphatic rings. The van der Waals surface area contributed by atoms with Crippen LogP contribution >= 0.6 is 0 Å². The molecule has 3 rings (SSSR count). The van der Waals surface area contributed by atoms with Crippen molar-refractivity contribution in [1.82, 2.24) is 0 Å². The topological polar surface area (TPSA) is 67.5 Å². The van der Waals surface area contributed by atoms with E-state index < -0.39 is 6.04 Å². The lowest BCUT2D eigenvalue weighted by Gasteiger charge is -2.09. The average Bonchev–Trinajstić information content (AvgIpc) is 2.64. The van der Waals surface area contributed by atoms with Gasteiger partial charge >= 0.3 is 0 Å². The van der Waals surface area contributed by atoms with E-state index in [2.05, 4.69) is 10.3 Å².